The van der Waals surface area contributed by atoms with E-state index in [2.05, 4.69) is 20.4 Å². The predicted octanol–water partition coefficient (Wildman–Crippen LogP) is 1.19. The number of anilines is 1. The van der Waals surface area contributed by atoms with Gasteiger partial charge in [-0.15, -0.1) is 5.10 Å². The molecule has 33 heavy (non-hydrogen) atoms. The third-order valence-electron chi connectivity index (χ3n) is 5.95. The van der Waals surface area contributed by atoms with Crippen molar-refractivity contribution in [1.29, 1.82) is 0 Å². The van der Waals surface area contributed by atoms with Crippen LogP contribution in [-0.4, -0.2) is 57.7 Å². The van der Waals surface area contributed by atoms with E-state index in [4.69, 9.17) is 4.98 Å². The molecule has 12 heteroatoms. The zero-order chi connectivity index (χ0) is 22.9. The Labute approximate surface area is 193 Å². The minimum absolute atomic E-state index is 0.331. The predicted molar refractivity (Wildman–Crippen MR) is 126 cm³/mol. The molecule has 172 valence electrons. The maximum Gasteiger partial charge on any atom is 0.332 e. The van der Waals surface area contributed by atoms with Gasteiger partial charge < -0.3 is 9.47 Å². The van der Waals surface area contributed by atoms with Crippen LogP contribution in [0.1, 0.15) is 19.3 Å². The molecule has 3 aromatic heterocycles. The zero-order valence-corrected chi connectivity index (χ0v) is 19.4. The molecule has 0 amide bonds. The summed E-state index contributed by atoms with van der Waals surface area (Å²) in [6.45, 7) is 2.30. The van der Waals surface area contributed by atoms with Gasteiger partial charge in [-0.05, 0) is 41.8 Å². The molecule has 0 N–H and O–H groups in total. The minimum atomic E-state index is -0.376. The van der Waals surface area contributed by atoms with E-state index in [-0.39, 0.29) is 11.2 Å². The van der Waals surface area contributed by atoms with Crippen molar-refractivity contribution in [1.82, 2.24) is 38.9 Å². The van der Waals surface area contributed by atoms with Gasteiger partial charge in [-0.2, -0.15) is 9.67 Å². The van der Waals surface area contributed by atoms with E-state index in [0.29, 0.717) is 28.6 Å². The van der Waals surface area contributed by atoms with Gasteiger partial charge in [-0.25, -0.2) is 4.79 Å². The van der Waals surface area contributed by atoms with E-state index >= 15 is 0 Å². The number of fused-ring (bicyclic) bond motifs is 1. The van der Waals surface area contributed by atoms with Crippen LogP contribution in [0, 0.1) is 0 Å². The molecular weight excluding hydrogens is 442 g/mol. The van der Waals surface area contributed by atoms with Gasteiger partial charge in [-0.1, -0.05) is 30.0 Å². The number of thioether (sulfide) groups is 1. The molecule has 0 spiro atoms. The van der Waals surface area contributed by atoms with Crippen molar-refractivity contribution in [2.45, 2.75) is 31.0 Å². The number of nitrogens with zero attached hydrogens (tertiary/aromatic N) is 9. The molecule has 0 bridgehead atoms. The second-order valence-electron chi connectivity index (χ2n) is 8.05. The number of imidazole rings is 1. The summed E-state index contributed by atoms with van der Waals surface area (Å²) in [4.78, 5) is 32.5. The van der Waals surface area contributed by atoms with Crippen molar-refractivity contribution in [3.05, 3.63) is 51.2 Å². The first-order valence-electron chi connectivity index (χ1n) is 10.9. The molecule has 11 nitrogen and oxygen atoms in total. The first-order valence-corrected chi connectivity index (χ1v) is 11.9. The Morgan fingerprint density at radius 2 is 1.76 bits per heavy atom. The topological polar surface area (TPSA) is 109 Å². The van der Waals surface area contributed by atoms with Crippen LogP contribution >= 0.6 is 11.8 Å². The highest BCUT2D eigenvalue weighted by molar-refractivity contribution is 7.99. The smallest absolute Gasteiger partial charge is 0.332 e. The second-order valence-corrected chi connectivity index (χ2v) is 9.11. The van der Waals surface area contributed by atoms with E-state index in [9.17, 15) is 9.59 Å². The normalized spacial score (nSPS) is 14.3. The molecule has 1 fully saturated rings. The standard InChI is InChI=1S/C21H25N9O2S/c1-26-17-16(18(31)27(2)21(26)32)29(19(22-17)28-11-7-4-8-12-28)13-14-33-20-23-24-25-30(20)15-9-5-3-6-10-15/h3,5-6,9-10H,4,7-8,11-14H2,1-2H3. The molecule has 4 heterocycles. The highest BCUT2D eigenvalue weighted by atomic mass is 32.2. The van der Waals surface area contributed by atoms with E-state index in [0.717, 1.165) is 42.1 Å². The first kappa shape index (κ1) is 21.4. The largest absolute Gasteiger partial charge is 0.342 e. The lowest BCUT2D eigenvalue weighted by molar-refractivity contribution is 0.558. The van der Waals surface area contributed by atoms with Crippen LogP contribution in [0.2, 0.25) is 0 Å². The van der Waals surface area contributed by atoms with E-state index in [1.54, 1.807) is 11.7 Å². The highest BCUT2D eigenvalue weighted by Crippen LogP contribution is 2.25. The number of tetrazole rings is 1. The van der Waals surface area contributed by atoms with Crippen molar-refractivity contribution >= 4 is 28.9 Å². The summed E-state index contributed by atoms with van der Waals surface area (Å²) in [6.07, 6.45) is 3.36. The lowest BCUT2D eigenvalue weighted by atomic mass is 10.1. The monoisotopic (exact) mass is 467 g/mol. The average molecular weight is 468 g/mol. The van der Waals surface area contributed by atoms with Crippen LogP contribution < -0.4 is 16.1 Å². The summed E-state index contributed by atoms with van der Waals surface area (Å²) in [5.74, 6) is 1.37. The summed E-state index contributed by atoms with van der Waals surface area (Å²) < 4.78 is 6.24. The van der Waals surface area contributed by atoms with Gasteiger partial charge in [0.2, 0.25) is 11.1 Å². The van der Waals surface area contributed by atoms with Crippen LogP contribution in [0.3, 0.4) is 0 Å². The van der Waals surface area contributed by atoms with E-state index < -0.39 is 0 Å². The Hall–Kier alpha value is -3.41. The number of hydrogen-bond acceptors (Lipinski definition) is 8. The van der Waals surface area contributed by atoms with Crippen LogP contribution in [0.4, 0.5) is 5.95 Å². The number of para-hydroxylation sites is 1. The molecule has 0 aliphatic carbocycles. The zero-order valence-electron chi connectivity index (χ0n) is 18.6. The van der Waals surface area contributed by atoms with Gasteiger partial charge in [0.1, 0.15) is 0 Å². The van der Waals surface area contributed by atoms with Crippen molar-refractivity contribution in [2.75, 3.05) is 23.7 Å². The molecule has 1 aliphatic heterocycles. The summed E-state index contributed by atoms with van der Waals surface area (Å²) >= 11 is 1.51. The molecule has 1 aliphatic rings. The summed E-state index contributed by atoms with van der Waals surface area (Å²) in [5.41, 5.74) is 1.05. The fourth-order valence-corrected chi connectivity index (χ4v) is 5.03. The van der Waals surface area contributed by atoms with Crippen molar-refractivity contribution in [2.24, 2.45) is 14.1 Å². The second kappa shape index (κ2) is 8.85. The fourth-order valence-electron chi connectivity index (χ4n) is 4.21. The molecule has 0 atom stereocenters. The van der Waals surface area contributed by atoms with Crippen molar-refractivity contribution < 1.29 is 0 Å². The molecule has 1 aromatic carbocycles. The number of aryl methyl sites for hydroxylation is 2. The molecule has 4 aromatic rings. The molecule has 0 saturated carbocycles. The molecule has 1 saturated heterocycles. The number of hydrogen-bond donors (Lipinski definition) is 0. The van der Waals surface area contributed by atoms with Gasteiger partial charge >= 0.3 is 5.69 Å². The number of benzene rings is 1. The summed E-state index contributed by atoms with van der Waals surface area (Å²) in [7, 11) is 3.16. The summed E-state index contributed by atoms with van der Waals surface area (Å²) in [5, 5.41) is 12.8. The van der Waals surface area contributed by atoms with Gasteiger partial charge in [0.25, 0.3) is 5.56 Å². The Bertz CT molecular complexity index is 1400. The van der Waals surface area contributed by atoms with Crippen LogP contribution in [0.15, 0.2) is 45.1 Å². The van der Waals surface area contributed by atoms with E-state index in [1.165, 1.54) is 29.8 Å². The van der Waals surface area contributed by atoms with Gasteiger partial charge in [0.15, 0.2) is 11.2 Å². The highest BCUT2D eigenvalue weighted by Gasteiger charge is 2.24. The average Bonchev–Trinajstić information content (AvgIpc) is 3.48. The third-order valence-corrected chi connectivity index (χ3v) is 6.85. The Balaban J connectivity index is 1.49. The van der Waals surface area contributed by atoms with Gasteiger partial charge in [-0.3, -0.25) is 13.9 Å². The Morgan fingerprint density at radius 3 is 2.52 bits per heavy atom. The molecular formula is C21H25N9O2S. The molecule has 0 unspecified atom stereocenters. The number of rotatable bonds is 6. The lowest BCUT2D eigenvalue weighted by Crippen LogP contribution is -2.37. The number of aromatic nitrogens is 8. The maximum atomic E-state index is 13.1. The molecule has 0 radical (unpaired) electrons. The lowest BCUT2D eigenvalue weighted by Gasteiger charge is -2.28. The van der Waals surface area contributed by atoms with Crippen molar-refractivity contribution in [3.8, 4) is 5.69 Å². The third kappa shape index (κ3) is 3.84. The Morgan fingerprint density at radius 1 is 1.00 bits per heavy atom. The summed E-state index contributed by atoms with van der Waals surface area (Å²) in [6, 6.07) is 9.72. The van der Waals surface area contributed by atoms with E-state index in [1.807, 2.05) is 34.9 Å². The Kier molecular flexibility index (Phi) is 5.75. The van der Waals surface area contributed by atoms with Crippen LogP contribution in [0.5, 0.6) is 0 Å². The number of piperidine rings is 1. The first-order chi connectivity index (χ1) is 16.1. The minimum Gasteiger partial charge on any atom is -0.342 e. The fraction of sp³-hybridized carbons (Fsp3) is 0.429. The maximum absolute atomic E-state index is 13.1. The van der Waals surface area contributed by atoms with Gasteiger partial charge in [0, 0.05) is 39.5 Å². The van der Waals surface area contributed by atoms with Gasteiger partial charge in [0.05, 0.1) is 5.69 Å². The quantitative estimate of drug-likeness (QED) is 0.389. The van der Waals surface area contributed by atoms with Crippen LogP contribution in [0.25, 0.3) is 16.9 Å². The van der Waals surface area contributed by atoms with Crippen LogP contribution in [-0.2, 0) is 20.6 Å². The SMILES string of the molecule is Cn1c(=O)c2c(nc(N3CCCCC3)n2CCSc2nnnn2-c2ccccc2)n(C)c1=O. The molecule has 5 rings (SSSR count). The van der Waals surface area contributed by atoms with Crippen molar-refractivity contribution in [3.63, 3.8) is 0 Å².